The number of hydrogen-bond acceptors (Lipinski definition) is 7. The lowest BCUT2D eigenvalue weighted by molar-refractivity contribution is -0.136. The summed E-state index contributed by atoms with van der Waals surface area (Å²) < 4.78 is 11.2. The van der Waals surface area contributed by atoms with E-state index >= 15 is 0 Å². The summed E-state index contributed by atoms with van der Waals surface area (Å²) in [5.41, 5.74) is 6.92. The topological polar surface area (TPSA) is 146 Å². The molecule has 0 bridgehead atoms. The first-order valence-electron chi connectivity index (χ1n) is 18.9. The van der Waals surface area contributed by atoms with Crippen LogP contribution in [0.5, 0.6) is 5.75 Å². The molecule has 12 nitrogen and oxygen atoms in total. The molecular weight excluding hydrogens is 670 g/mol. The lowest BCUT2D eigenvalue weighted by atomic mass is 9.92. The summed E-state index contributed by atoms with van der Waals surface area (Å²) in [6.45, 7) is 8.51. The summed E-state index contributed by atoms with van der Waals surface area (Å²) in [4.78, 5) is 59.3. The third-order valence-electron chi connectivity index (χ3n) is 11.4. The van der Waals surface area contributed by atoms with E-state index in [1.807, 2.05) is 36.8 Å². The molecule has 5 unspecified atom stereocenters. The van der Waals surface area contributed by atoms with Crippen LogP contribution >= 0.6 is 0 Å². The maximum Gasteiger partial charge on any atom is 0.407 e. The van der Waals surface area contributed by atoms with Crippen LogP contribution in [0.2, 0.25) is 0 Å². The van der Waals surface area contributed by atoms with Crippen molar-refractivity contribution < 1.29 is 23.9 Å². The third kappa shape index (κ3) is 6.07. The fourth-order valence-electron chi connectivity index (χ4n) is 8.64. The number of carbonyl (C=O) groups is 3. The zero-order valence-corrected chi connectivity index (χ0v) is 31.0. The number of ether oxygens (including phenoxy) is 2. The van der Waals surface area contributed by atoms with Gasteiger partial charge in [0.1, 0.15) is 30.0 Å². The molecule has 2 saturated heterocycles. The van der Waals surface area contributed by atoms with E-state index in [1.165, 1.54) is 7.11 Å². The van der Waals surface area contributed by atoms with Crippen molar-refractivity contribution in [3.05, 3.63) is 65.9 Å². The average molecular weight is 718 g/mol. The second-order valence-electron chi connectivity index (χ2n) is 14.8. The fraction of sp³-hybridized carbons (Fsp3) is 0.439. The molecule has 2 fully saturated rings. The van der Waals surface area contributed by atoms with Crippen molar-refractivity contribution in [1.82, 2.24) is 35.1 Å². The van der Waals surface area contributed by atoms with Crippen LogP contribution in [0.25, 0.3) is 44.2 Å². The minimum absolute atomic E-state index is 0.0143. The molecule has 12 heteroatoms. The number of methoxy groups -OCH3 is 1. The first-order valence-corrected chi connectivity index (χ1v) is 18.9. The maximum absolute atomic E-state index is 13.6. The Morgan fingerprint density at radius 2 is 1.72 bits per heavy atom. The second-order valence-corrected chi connectivity index (χ2v) is 14.8. The van der Waals surface area contributed by atoms with Gasteiger partial charge in [-0.1, -0.05) is 32.0 Å². The zero-order chi connectivity index (χ0) is 37.0. The van der Waals surface area contributed by atoms with Gasteiger partial charge in [0.05, 0.1) is 42.1 Å². The van der Waals surface area contributed by atoms with Crippen LogP contribution in [0, 0.1) is 0 Å². The predicted octanol–water partition coefficient (Wildman–Crippen LogP) is 7.70. The van der Waals surface area contributed by atoms with Crippen molar-refractivity contribution in [3.8, 4) is 28.1 Å². The molecule has 2 aromatic heterocycles. The number of rotatable bonds is 8. The number of fused-ring (bicyclic) bond motifs is 6. The molecule has 0 saturated carbocycles. The number of nitrogens with zero attached hydrogens (tertiary/aromatic N) is 4. The summed E-state index contributed by atoms with van der Waals surface area (Å²) in [6, 6.07) is 14.2. The van der Waals surface area contributed by atoms with E-state index in [0.29, 0.717) is 19.4 Å². The highest BCUT2D eigenvalue weighted by atomic mass is 16.5. The highest BCUT2D eigenvalue weighted by Crippen LogP contribution is 2.44. The highest BCUT2D eigenvalue weighted by molar-refractivity contribution is 6.07. The van der Waals surface area contributed by atoms with Crippen molar-refractivity contribution in [3.63, 3.8) is 0 Å². The minimum atomic E-state index is -0.669. The molecule has 3 aromatic carbocycles. The number of likely N-dealkylation sites (tertiary alicyclic amines) is 2. The molecule has 0 aliphatic carbocycles. The van der Waals surface area contributed by atoms with Crippen LogP contribution in [0.4, 0.5) is 4.79 Å². The molecule has 8 rings (SSSR count). The molecule has 5 aromatic rings. The van der Waals surface area contributed by atoms with Crippen molar-refractivity contribution in [2.45, 2.75) is 109 Å². The molecular formula is C41H47N7O5. The summed E-state index contributed by atoms with van der Waals surface area (Å²) in [6.07, 6.45) is 6.55. The van der Waals surface area contributed by atoms with E-state index in [4.69, 9.17) is 19.4 Å². The Morgan fingerprint density at radius 3 is 2.47 bits per heavy atom. The van der Waals surface area contributed by atoms with Crippen molar-refractivity contribution in [2.24, 2.45) is 0 Å². The number of aromatic nitrogens is 4. The van der Waals surface area contributed by atoms with Gasteiger partial charge >= 0.3 is 6.09 Å². The Hall–Kier alpha value is -5.39. The van der Waals surface area contributed by atoms with E-state index in [1.54, 1.807) is 0 Å². The SMILES string of the molecule is CCCC(=O)N1C(C)CCC1c1nc2c(ccc3cc4c(cc32)OCc2cc(-c3cnc(C5CCC(C)N5C(=O)C(CC)NC(=O)OC)[nH]3)ccc2-4)[nH]1. The van der Waals surface area contributed by atoms with Gasteiger partial charge in [-0.05, 0) is 98.7 Å². The number of aromatic amines is 2. The van der Waals surface area contributed by atoms with E-state index in [-0.39, 0.29) is 36.0 Å². The first kappa shape index (κ1) is 34.7. The Kier molecular flexibility index (Phi) is 9.08. The van der Waals surface area contributed by atoms with Crippen molar-refractivity contribution in [1.29, 1.82) is 0 Å². The monoisotopic (exact) mass is 717 g/mol. The number of amides is 3. The van der Waals surface area contributed by atoms with E-state index in [2.05, 4.69) is 64.7 Å². The Morgan fingerprint density at radius 1 is 0.943 bits per heavy atom. The lowest BCUT2D eigenvalue weighted by Crippen LogP contribution is -2.50. The molecule has 53 heavy (non-hydrogen) atoms. The van der Waals surface area contributed by atoms with Crippen LogP contribution in [-0.2, 0) is 20.9 Å². The fourth-order valence-corrected chi connectivity index (χ4v) is 8.64. The van der Waals surface area contributed by atoms with Crippen LogP contribution in [0.15, 0.2) is 48.7 Å². The minimum Gasteiger partial charge on any atom is -0.488 e. The Bertz CT molecular complexity index is 2220. The molecule has 0 spiro atoms. The van der Waals surface area contributed by atoms with Crippen LogP contribution in [0.3, 0.4) is 0 Å². The molecule has 3 aliphatic heterocycles. The van der Waals surface area contributed by atoms with E-state index in [9.17, 15) is 14.4 Å². The van der Waals surface area contributed by atoms with Crippen LogP contribution in [0.1, 0.15) is 102 Å². The normalized spacial score (nSPS) is 21.4. The molecule has 3 N–H and O–H groups in total. The molecule has 3 aliphatic rings. The van der Waals surface area contributed by atoms with Gasteiger partial charge in [0.25, 0.3) is 0 Å². The largest absolute Gasteiger partial charge is 0.488 e. The smallest absolute Gasteiger partial charge is 0.407 e. The number of imidazole rings is 2. The third-order valence-corrected chi connectivity index (χ3v) is 11.4. The first-order chi connectivity index (χ1) is 25.7. The quantitative estimate of drug-likeness (QED) is 0.149. The Balaban J connectivity index is 1.06. The summed E-state index contributed by atoms with van der Waals surface area (Å²) in [5, 5.41) is 4.77. The standard InChI is InChI=1S/C41H47N7O5/c1-6-8-36(49)47-22(3)9-16-34(47)39-43-31-14-12-24-18-29-27-13-11-25(17-26(27)21-53-35(29)19-28(24)37(31)46-39)32-20-42-38(44-32)33-15-10-23(4)48(33)40(50)30(7-2)45-41(51)52-5/h11-14,17-20,22-23,30,33-34H,6-10,15-16,21H2,1-5H3,(H,42,44)(H,43,46)(H,45,51). The van der Waals surface area contributed by atoms with Crippen molar-refractivity contribution in [2.75, 3.05) is 7.11 Å². The number of H-pyrrole nitrogens is 2. The van der Waals surface area contributed by atoms with Crippen LogP contribution in [-0.4, -0.2) is 72.9 Å². The van der Waals surface area contributed by atoms with E-state index < -0.39 is 12.1 Å². The van der Waals surface area contributed by atoms with Gasteiger partial charge in [0, 0.05) is 29.5 Å². The number of carbonyl (C=O) groups excluding carboxylic acids is 3. The second kappa shape index (κ2) is 13.9. The predicted molar refractivity (Wildman–Crippen MR) is 202 cm³/mol. The Labute approximate surface area is 308 Å². The number of benzene rings is 3. The lowest BCUT2D eigenvalue weighted by Gasteiger charge is -2.31. The average Bonchev–Trinajstić information content (AvgIpc) is 3.98. The summed E-state index contributed by atoms with van der Waals surface area (Å²) >= 11 is 0. The highest BCUT2D eigenvalue weighted by Gasteiger charge is 2.40. The molecule has 0 radical (unpaired) electrons. The van der Waals surface area contributed by atoms with Gasteiger partial charge in [-0.15, -0.1) is 0 Å². The summed E-state index contributed by atoms with van der Waals surface area (Å²) in [7, 11) is 1.29. The van der Waals surface area contributed by atoms with Gasteiger partial charge < -0.3 is 34.6 Å². The molecule has 5 atom stereocenters. The number of hydrogen-bond donors (Lipinski definition) is 3. The van der Waals surface area contributed by atoms with E-state index in [0.717, 1.165) is 99.3 Å². The van der Waals surface area contributed by atoms with Crippen LogP contribution < -0.4 is 10.1 Å². The summed E-state index contributed by atoms with van der Waals surface area (Å²) in [5.74, 6) is 2.46. The zero-order valence-electron chi connectivity index (χ0n) is 31.0. The maximum atomic E-state index is 13.6. The van der Waals surface area contributed by atoms with Gasteiger partial charge in [-0.2, -0.15) is 0 Å². The van der Waals surface area contributed by atoms with Gasteiger partial charge in [-0.3, -0.25) is 9.59 Å². The molecule has 3 amide bonds. The number of nitrogens with one attached hydrogen (secondary N) is 3. The number of alkyl carbamates (subject to hydrolysis) is 1. The van der Waals surface area contributed by atoms with Gasteiger partial charge in [0.15, 0.2) is 0 Å². The molecule has 276 valence electrons. The molecule has 5 heterocycles. The van der Waals surface area contributed by atoms with Gasteiger partial charge in [-0.25, -0.2) is 14.8 Å². The van der Waals surface area contributed by atoms with Gasteiger partial charge in [0.2, 0.25) is 11.8 Å². The van der Waals surface area contributed by atoms with Crippen molar-refractivity contribution >= 4 is 39.7 Å².